The highest BCUT2D eigenvalue weighted by Gasteiger charge is 2.24. The van der Waals surface area contributed by atoms with Gasteiger partial charge in [0.2, 0.25) is 0 Å². The van der Waals surface area contributed by atoms with Crippen molar-refractivity contribution in [1.29, 1.82) is 0 Å². The van der Waals surface area contributed by atoms with Crippen LogP contribution in [0.25, 0.3) is 16.2 Å². The average Bonchev–Trinajstić information content (AvgIpc) is 2.93. The third-order valence-electron chi connectivity index (χ3n) is 3.91. The molecule has 3 nitrogen and oxygen atoms in total. The molecule has 0 saturated heterocycles. The van der Waals surface area contributed by atoms with Crippen LogP contribution in [0.3, 0.4) is 0 Å². The van der Waals surface area contributed by atoms with Gasteiger partial charge >= 0.3 is 0 Å². The molecule has 0 saturated carbocycles. The highest BCUT2D eigenvalue weighted by atomic mass is 32.1. The van der Waals surface area contributed by atoms with Crippen molar-refractivity contribution >= 4 is 22.1 Å². The van der Waals surface area contributed by atoms with Gasteiger partial charge in [-0.1, -0.05) is 32.9 Å². The van der Waals surface area contributed by atoms with Crippen LogP contribution in [-0.4, -0.2) is 9.38 Å². The van der Waals surface area contributed by atoms with E-state index in [-0.39, 0.29) is 5.41 Å². The Balaban J connectivity index is 2.24. The first-order valence-electron chi connectivity index (χ1n) is 7.12. The normalized spacial score (nSPS) is 12.2. The van der Waals surface area contributed by atoms with E-state index in [1.54, 1.807) is 11.3 Å². The molecular formula is C17H21N3S. The quantitative estimate of drug-likeness (QED) is 0.716. The van der Waals surface area contributed by atoms with E-state index in [2.05, 4.69) is 62.6 Å². The predicted molar refractivity (Wildman–Crippen MR) is 91.1 cm³/mol. The molecule has 0 amide bonds. The highest BCUT2D eigenvalue weighted by molar-refractivity contribution is 7.15. The van der Waals surface area contributed by atoms with Gasteiger partial charge in [0.1, 0.15) is 5.82 Å². The van der Waals surface area contributed by atoms with Crippen LogP contribution in [0.1, 0.15) is 37.6 Å². The first-order valence-corrected chi connectivity index (χ1v) is 8.00. The maximum absolute atomic E-state index is 6.38. The van der Waals surface area contributed by atoms with Crippen molar-refractivity contribution in [2.75, 3.05) is 5.73 Å². The molecule has 2 heterocycles. The molecule has 0 aliphatic rings. The van der Waals surface area contributed by atoms with Crippen molar-refractivity contribution in [2.24, 2.45) is 0 Å². The number of aromatic nitrogens is 2. The summed E-state index contributed by atoms with van der Waals surface area (Å²) in [5, 5.41) is 2.13. The lowest BCUT2D eigenvalue weighted by molar-refractivity contribution is 0.576. The molecule has 0 radical (unpaired) electrons. The molecule has 1 aromatic carbocycles. The molecule has 0 spiro atoms. The summed E-state index contributed by atoms with van der Waals surface area (Å²) in [7, 11) is 0. The van der Waals surface area contributed by atoms with Gasteiger partial charge < -0.3 is 5.73 Å². The largest absolute Gasteiger partial charge is 0.383 e. The van der Waals surface area contributed by atoms with Gasteiger partial charge in [0, 0.05) is 10.8 Å². The zero-order chi connectivity index (χ0) is 15.4. The van der Waals surface area contributed by atoms with Gasteiger partial charge in [0.15, 0.2) is 4.96 Å². The summed E-state index contributed by atoms with van der Waals surface area (Å²) < 4.78 is 2.08. The van der Waals surface area contributed by atoms with E-state index in [9.17, 15) is 0 Å². The van der Waals surface area contributed by atoms with Gasteiger partial charge in [-0.3, -0.25) is 4.40 Å². The van der Waals surface area contributed by atoms with Crippen molar-refractivity contribution in [3.8, 4) is 11.3 Å². The summed E-state index contributed by atoms with van der Waals surface area (Å²) in [5.74, 6) is 0.756. The number of benzene rings is 1. The lowest BCUT2D eigenvalue weighted by Crippen LogP contribution is -2.14. The first-order chi connectivity index (χ1) is 9.79. The molecule has 0 aliphatic heterocycles. The third-order valence-corrected chi connectivity index (χ3v) is 4.74. The Labute approximate surface area is 129 Å². The van der Waals surface area contributed by atoms with E-state index in [0.29, 0.717) is 0 Å². The van der Waals surface area contributed by atoms with Crippen molar-refractivity contribution in [3.63, 3.8) is 0 Å². The van der Waals surface area contributed by atoms with Gasteiger partial charge in [-0.15, -0.1) is 11.3 Å². The number of imidazole rings is 1. The molecular weight excluding hydrogens is 278 g/mol. The molecule has 3 aromatic rings. The highest BCUT2D eigenvalue weighted by Crippen LogP contribution is 2.35. The smallest absolute Gasteiger partial charge is 0.196 e. The minimum absolute atomic E-state index is 0.0454. The van der Waals surface area contributed by atoms with Crippen LogP contribution in [0.2, 0.25) is 0 Å². The summed E-state index contributed by atoms with van der Waals surface area (Å²) in [5.41, 5.74) is 12.2. The number of hydrogen-bond donors (Lipinski definition) is 1. The molecule has 2 N–H and O–H groups in total. The summed E-state index contributed by atoms with van der Waals surface area (Å²) in [6.07, 6.45) is 0. The lowest BCUT2D eigenvalue weighted by atomic mass is 9.92. The second-order valence-electron chi connectivity index (χ2n) is 6.63. The second-order valence-corrected chi connectivity index (χ2v) is 7.47. The number of aryl methyl sites for hydroxylation is 2. The van der Waals surface area contributed by atoms with E-state index in [0.717, 1.165) is 22.2 Å². The number of nitrogens with zero attached hydrogens (tertiary/aromatic N) is 2. The predicted octanol–water partition coefficient (Wildman–Crippen LogP) is 4.56. The standard InChI is InChI=1S/C17H21N3S/c1-10-6-7-12(8-11(10)2)13-9-21-16-19-14(17(3,4)5)15(18)20(13)16/h6-9H,18H2,1-5H3. The minimum atomic E-state index is -0.0454. The maximum atomic E-state index is 6.38. The van der Waals surface area contributed by atoms with Crippen LogP contribution < -0.4 is 5.73 Å². The number of rotatable bonds is 1. The molecule has 0 aliphatic carbocycles. The number of fused-ring (bicyclic) bond motifs is 1. The Hall–Kier alpha value is -1.81. The zero-order valence-electron chi connectivity index (χ0n) is 13.2. The fraction of sp³-hybridized carbons (Fsp3) is 0.353. The molecule has 2 aromatic heterocycles. The molecule has 4 heteroatoms. The van der Waals surface area contributed by atoms with E-state index >= 15 is 0 Å². The molecule has 0 bridgehead atoms. The molecule has 3 rings (SSSR count). The van der Waals surface area contributed by atoms with Gasteiger partial charge in [-0.25, -0.2) is 4.98 Å². The first kappa shape index (κ1) is 14.1. The third kappa shape index (κ3) is 2.23. The van der Waals surface area contributed by atoms with Crippen LogP contribution in [0.15, 0.2) is 23.6 Å². The van der Waals surface area contributed by atoms with Gasteiger partial charge in [-0.05, 0) is 36.6 Å². The molecule has 0 unspecified atom stereocenters. The van der Waals surface area contributed by atoms with Gasteiger partial charge in [0.05, 0.1) is 11.4 Å². The maximum Gasteiger partial charge on any atom is 0.196 e. The molecule has 110 valence electrons. The number of hydrogen-bond acceptors (Lipinski definition) is 3. The number of anilines is 1. The van der Waals surface area contributed by atoms with Crippen LogP contribution in [0.4, 0.5) is 5.82 Å². The summed E-state index contributed by atoms with van der Waals surface area (Å²) in [6.45, 7) is 10.7. The van der Waals surface area contributed by atoms with Crippen molar-refractivity contribution in [2.45, 2.75) is 40.0 Å². The fourth-order valence-electron chi connectivity index (χ4n) is 2.53. The topological polar surface area (TPSA) is 43.3 Å². The summed E-state index contributed by atoms with van der Waals surface area (Å²) >= 11 is 1.64. The Morgan fingerprint density at radius 2 is 1.86 bits per heavy atom. The van der Waals surface area contributed by atoms with Crippen LogP contribution >= 0.6 is 11.3 Å². The number of nitrogen functional groups attached to an aromatic ring is 1. The van der Waals surface area contributed by atoms with Crippen molar-refractivity contribution < 1.29 is 0 Å². The lowest BCUT2D eigenvalue weighted by Gasteiger charge is -2.16. The van der Waals surface area contributed by atoms with Crippen LogP contribution in [-0.2, 0) is 5.41 Å². The van der Waals surface area contributed by atoms with E-state index < -0.39 is 0 Å². The molecule has 21 heavy (non-hydrogen) atoms. The average molecular weight is 299 g/mol. The van der Waals surface area contributed by atoms with E-state index in [4.69, 9.17) is 10.7 Å². The van der Waals surface area contributed by atoms with Gasteiger partial charge in [0.25, 0.3) is 0 Å². The fourth-order valence-corrected chi connectivity index (χ4v) is 3.44. The van der Waals surface area contributed by atoms with E-state index in [1.807, 2.05) is 0 Å². The van der Waals surface area contributed by atoms with Crippen LogP contribution in [0, 0.1) is 13.8 Å². The SMILES string of the molecule is Cc1ccc(-c2csc3nc(C(C)(C)C)c(N)n23)cc1C. The Kier molecular flexibility index (Phi) is 3.10. The van der Waals surface area contributed by atoms with Crippen molar-refractivity contribution in [3.05, 3.63) is 40.4 Å². The zero-order valence-corrected chi connectivity index (χ0v) is 14.0. The Bertz CT molecular complexity index is 819. The Morgan fingerprint density at radius 1 is 1.14 bits per heavy atom. The van der Waals surface area contributed by atoms with E-state index in [1.165, 1.54) is 16.7 Å². The molecule has 0 atom stereocenters. The number of nitrogens with two attached hydrogens (primary N) is 1. The minimum Gasteiger partial charge on any atom is -0.383 e. The second kappa shape index (κ2) is 4.60. The van der Waals surface area contributed by atoms with Gasteiger partial charge in [-0.2, -0.15) is 0 Å². The van der Waals surface area contributed by atoms with Crippen LogP contribution in [0.5, 0.6) is 0 Å². The number of thiazole rings is 1. The summed E-state index contributed by atoms with van der Waals surface area (Å²) in [4.78, 5) is 5.69. The molecule has 0 fully saturated rings. The Morgan fingerprint density at radius 3 is 2.48 bits per heavy atom. The van der Waals surface area contributed by atoms with Crippen molar-refractivity contribution in [1.82, 2.24) is 9.38 Å². The monoisotopic (exact) mass is 299 g/mol. The summed E-state index contributed by atoms with van der Waals surface area (Å²) in [6, 6.07) is 6.53.